The summed E-state index contributed by atoms with van der Waals surface area (Å²) in [5.41, 5.74) is 3.52. The Morgan fingerprint density at radius 3 is 2.78 bits per heavy atom. The van der Waals surface area contributed by atoms with E-state index in [1.165, 1.54) is 0 Å². The molecule has 0 aliphatic heterocycles. The highest BCUT2D eigenvalue weighted by molar-refractivity contribution is 7.08. The van der Waals surface area contributed by atoms with E-state index in [9.17, 15) is 4.79 Å². The SMILES string of the molecule is O=C(Cc1ccsc1)Nc1ccccc1Cc1nc(-c2ccncc2)no1. The van der Waals surface area contributed by atoms with E-state index in [1.54, 1.807) is 23.7 Å². The number of amides is 1. The van der Waals surface area contributed by atoms with Crippen LogP contribution in [0.25, 0.3) is 11.4 Å². The van der Waals surface area contributed by atoms with Crippen molar-refractivity contribution < 1.29 is 9.32 Å². The van der Waals surface area contributed by atoms with Gasteiger partial charge in [0, 0.05) is 23.6 Å². The first-order valence-corrected chi connectivity index (χ1v) is 9.34. The molecule has 1 amide bonds. The maximum absolute atomic E-state index is 12.3. The number of para-hydroxylation sites is 1. The van der Waals surface area contributed by atoms with Gasteiger partial charge in [0.05, 0.1) is 12.8 Å². The topological polar surface area (TPSA) is 80.9 Å². The largest absolute Gasteiger partial charge is 0.339 e. The van der Waals surface area contributed by atoms with E-state index in [-0.39, 0.29) is 5.91 Å². The fourth-order valence-electron chi connectivity index (χ4n) is 2.68. The zero-order valence-corrected chi connectivity index (χ0v) is 15.1. The van der Waals surface area contributed by atoms with E-state index in [1.807, 2.05) is 53.2 Å². The minimum Gasteiger partial charge on any atom is -0.339 e. The van der Waals surface area contributed by atoms with Gasteiger partial charge in [-0.3, -0.25) is 9.78 Å². The summed E-state index contributed by atoms with van der Waals surface area (Å²) in [4.78, 5) is 20.7. The average Bonchev–Trinajstić information content (AvgIpc) is 3.36. The minimum atomic E-state index is -0.0520. The number of hydrogen-bond donors (Lipinski definition) is 1. The lowest BCUT2D eigenvalue weighted by Crippen LogP contribution is -2.15. The van der Waals surface area contributed by atoms with Gasteiger partial charge in [-0.15, -0.1) is 0 Å². The van der Waals surface area contributed by atoms with Crippen molar-refractivity contribution in [3.8, 4) is 11.4 Å². The number of aromatic nitrogens is 3. The highest BCUT2D eigenvalue weighted by Gasteiger charge is 2.13. The predicted molar refractivity (Wildman–Crippen MR) is 103 cm³/mol. The van der Waals surface area contributed by atoms with Crippen molar-refractivity contribution >= 4 is 22.9 Å². The van der Waals surface area contributed by atoms with Crippen LogP contribution in [0.4, 0.5) is 5.69 Å². The Bertz CT molecular complexity index is 1030. The molecule has 1 aromatic carbocycles. The van der Waals surface area contributed by atoms with Crippen molar-refractivity contribution in [3.63, 3.8) is 0 Å². The third kappa shape index (κ3) is 4.27. The number of rotatable bonds is 6. The van der Waals surface area contributed by atoms with Gasteiger partial charge in [-0.05, 0) is 46.2 Å². The number of nitrogens with zero attached hydrogens (tertiary/aromatic N) is 3. The summed E-state index contributed by atoms with van der Waals surface area (Å²) >= 11 is 1.58. The molecule has 0 unspecified atom stereocenters. The second-order valence-electron chi connectivity index (χ2n) is 5.94. The standard InChI is InChI=1S/C20H16N4O2S/c25-18(11-14-7-10-27-13-14)22-17-4-2-1-3-16(17)12-19-23-20(24-26-19)15-5-8-21-9-6-15/h1-10,13H,11-12H2,(H,22,25). The summed E-state index contributed by atoms with van der Waals surface area (Å²) in [6.45, 7) is 0. The quantitative estimate of drug-likeness (QED) is 0.551. The van der Waals surface area contributed by atoms with Crippen LogP contribution < -0.4 is 5.32 Å². The molecule has 0 bridgehead atoms. The molecule has 3 aromatic heterocycles. The fourth-order valence-corrected chi connectivity index (χ4v) is 3.35. The Morgan fingerprint density at radius 1 is 1.11 bits per heavy atom. The lowest BCUT2D eigenvalue weighted by atomic mass is 10.1. The van der Waals surface area contributed by atoms with E-state index >= 15 is 0 Å². The van der Waals surface area contributed by atoms with E-state index in [0.717, 1.165) is 22.4 Å². The summed E-state index contributed by atoms with van der Waals surface area (Å²) in [6, 6.07) is 13.2. The zero-order chi connectivity index (χ0) is 18.5. The number of thiophene rings is 1. The normalized spacial score (nSPS) is 10.7. The van der Waals surface area contributed by atoms with Crippen LogP contribution in [-0.2, 0) is 17.6 Å². The van der Waals surface area contributed by atoms with Crippen molar-refractivity contribution in [3.05, 3.63) is 82.6 Å². The number of nitrogens with one attached hydrogen (secondary N) is 1. The minimum absolute atomic E-state index is 0.0520. The second-order valence-corrected chi connectivity index (χ2v) is 6.72. The van der Waals surface area contributed by atoms with Crippen molar-refractivity contribution in [1.29, 1.82) is 0 Å². The highest BCUT2D eigenvalue weighted by Crippen LogP contribution is 2.21. The maximum Gasteiger partial charge on any atom is 0.231 e. The van der Waals surface area contributed by atoms with Crippen LogP contribution in [0.2, 0.25) is 0 Å². The van der Waals surface area contributed by atoms with Gasteiger partial charge < -0.3 is 9.84 Å². The molecule has 7 heteroatoms. The molecule has 134 valence electrons. The molecular weight excluding hydrogens is 360 g/mol. The zero-order valence-electron chi connectivity index (χ0n) is 14.3. The third-order valence-corrected chi connectivity index (χ3v) is 4.72. The van der Waals surface area contributed by atoms with Crippen molar-refractivity contribution in [2.45, 2.75) is 12.8 Å². The van der Waals surface area contributed by atoms with Gasteiger partial charge in [0.2, 0.25) is 17.6 Å². The average molecular weight is 376 g/mol. The van der Waals surface area contributed by atoms with E-state index in [0.29, 0.717) is 24.6 Å². The first kappa shape index (κ1) is 17.1. The Balaban J connectivity index is 1.48. The number of carbonyl (C=O) groups excluding carboxylic acids is 1. The third-order valence-electron chi connectivity index (χ3n) is 3.98. The molecule has 4 rings (SSSR count). The molecule has 0 fully saturated rings. The molecule has 6 nitrogen and oxygen atoms in total. The maximum atomic E-state index is 12.3. The Labute approximate surface area is 159 Å². The van der Waals surface area contributed by atoms with Crippen molar-refractivity contribution in [2.24, 2.45) is 0 Å². The first-order chi connectivity index (χ1) is 13.3. The number of benzene rings is 1. The number of anilines is 1. The molecule has 0 saturated carbocycles. The second kappa shape index (κ2) is 7.92. The van der Waals surface area contributed by atoms with Crippen molar-refractivity contribution in [1.82, 2.24) is 15.1 Å². The van der Waals surface area contributed by atoms with Gasteiger partial charge in [-0.1, -0.05) is 23.4 Å². The Kier molecular flexibility index (Phi) is 5.02. The van der Waals surface area contributed by atoms with Crippen LogP contribution in [0.15, 0.2) is 70.1 Å². The Morgan fingerprint density at radius 2 is 1.96 bits per heavy atom. The summed E-state index contributed by atoms with van der Waals surface area (Å²) in [5, 5.41) is 10.9. The molecule has 0 spiro atoms. The van der Waals surface area contributed by atoms with E-state index in [2.05, 4.69) is 20.4 Å². The van der Waals surface area contributed by atoms with Crippen LogP contribution in [0.5, 0.6) is 0 Å². The lowest BCUT2D eigenvalue weighted by molar-refractivity contribution is -0.115. The molecule has 0 aliphatic carbocycles. The van der Waals surface area contributed by atoms with Crippen molar-refractivity contribution in [2.75, 3.05) is 5.32 Å². The summed E-state index contributed by atoms with van der Waals surface area (Å²) in [6.07, 6.45) is 4.16. The Hall–Kier alpha value is -3.32. The summed E-state index contributed by atoms with van der Waals surface area (Å²) in [7, 11) is 0. The first-order valence-electron chi connectivity index (χ1n) is 8.40. The lowest BCUT2D eigenvalue weighted by Gasteiger charge is -2.09. The molecule has 0 radical (unpaired) electrons. The molecule has 4 aromatic rings. The van der Waals surface area contributed by atoms with Gasteiger partial charge >= 0.3 is 0 Å². The molecule has 0 aliphatic rings. The molecule has 27 heavy (non-hydrogen) atoms. The van der Waals surface area contributed by atoms with Gasteiger partial charge in [0.1, 0.15) is 0 Å². The number of hydrogen-bond acceptors (Lipinski definition) is 6. The summed E-state index contributed by atoms with van der Waals surface area (Å²) < 4.78 is 5.38. The smallest absolute Gasteiger partial charge is 0.231 e. The van der Waals surface area contributed by atoms with Crippen LogP contribution in [0, 0.1) is 0 Å². The van der Waals surface area contributed by atoms with Crippen LogP contribution in [0.3, 0.4) is 0 Å². The van der Waals surface area contributed by atoms with Crippen LogP contribution >= 0.6 is 11.3 Å². The summed E-state index contributed by atoms with van der Waals surface area (Å²) in [5.74, 6) is 0.955. The van der Waals surface area contributed by atoms with E-state index < -0.39 is 0 Å². The highest BCUT2D eigenvalue weighted by atomic mass is 32.1. The van der Waals surface area contributed by atoms with Gasteiger partial charge in [-0.25, -0.2) is 0 Å². The fraction of sp³-hybridized carbons (Fsp3) is 0.100. The molecule has 1 N–H and O–H groups in total. The van der Waals surface area contributed by atoms with Gasteiger partial charge in [0.25, 0.3) is 0 Å². The number of pyridine rings is 1. The van der Waals surface area contributed by atoms with Crippen LogP contribution in [-0.4, -0.2) is 21.0 Å². The monoisotopic (exact) mass is 376 g/mol. The molecule has 0 atom stereocenters. The van der Waals surface area contributed by atoms with E-state index in [4.69, 9.17) is 4.52 Å². The van der Waals surface area contributed by atoms with Gasteiger partial charge in [0.15, 0.2) is 0 Å². The number of carbonyl (C=O) groups is 1. The predicted octanol–water partition coefficient (Wildman–Crippen LogP) is 3.97. The van der Waals surface area contributed by atoms with Crippen LogP contribution in [0.1, 0.15) is 17.0 Å². The molecule has 3 heterocycles. The molecule has 0 saturated heterocycles. The molecular formula is C20H16N4O2S. The van der Waals surface area contributed by atoms with Gasteiger partial charge in [-0.2, -0.15) is 16.3 Å².